The third-order valence-corrected chi connectivity index (χ3v) is 5.55. The summed E-state index contributed by atoms with van der Waals surface area (Å²) in [6.07, 6.45) is 9.07. The summed E-state index contributed by atoms with van der Waals surface area (Å²) in [5.74, 6) is -8.27. The summed E-state index contributed by atoms with van der Waals surface area (Å²) in [4.78, 5) is 0. The summed E-state index contributed by atoms with van der Waals surface area (Å²) in [7, 11) is 0. The zero-order valence-corrected chi connectivity index (χ0v) is 19.1. The lowest BCUT2D eigenvalue weighted by atomic mass is 9.91. The van der Waals surface area contributed by atoms with Gasteiger partial charge in [-0.3, -0.25) is 0 Å². The zero-order chi connectivity index (χ0) is 23.3. The molecule has 0 aliphatic heterocycles. The van der Waals surface area contributed by atoms with Gasteiger partial charge in [0.15, 0.2) is 23.3 Å². The van der Waals surface area contributed by atoms with Crippen LogP contribution in [0, 0.1) is 29.2 Å². The third kappa shape index (κ3) is 9.07. The maximum atomic E-state index is 13.9. The van der Waals surface area contributed by atoms with Gasteiger partial charge in [0.1, 0.15) is 0 Å². The molecule has 1 aromatic carbocycles. The summed E-state index contributed by atoms with van der Waals surface area (Å²) < 4.78 is 64.8. The molecule has 3 nitrogen and oxygen atoms in total. The number of hydrogen-bond donors (Lipinski definition) is 1. The minimum absolute atomic E-state index is 0.0748. The maximum Gasteiger partial charge on any atom is 0.283 e. The van der Waals surface area contributed by atoms with E-state index >= 15 is 0 Å². The lowest BCUT2D eigenvalue weighted by molar-refractivity contribution is -0.385. The fraction of sp³-hybridized carbons (Fsp3) is 0.750. The van der Waals surface area contributed by atoms with E-state index in [2.05, 4.69) is 6.92 Å². The first kappa shape index (κ1) is 27.9. The Morgan fingerprint density at radius 3 is 1.90 bits per heavy atom. The molecule has 0 heterocycles. The molecule has 0 fully saturated rings. The van der Waals surface area contributed by atoms with Gasteiger partial charge in [-0.15, -0.1) is 0 Å². The summed E-state index contributed by atoms with van der Waals surface area (Å²) in [5.41, 5.74) is -0.186. The Labute approximate surface area is 184 Å². The Hall–Kier alpha value is -1.18. The van der Waals surface area contributed by atoms with Gasteiger partial charge in [-0.05, 0) is 51.2 Å². The Balaban J connectivity index is 2.68. The summed E-state index contributed by atoms with van der Waals surface area (Å²) in [5, 5.41) is 10.9. The molecule has 31 heavy (non-hydrogen) atoms. The number of rotatable bonds is 17. The smallest absolute Gasteiger partial charge is 0.283 e. The van der Waals surface area contributed by atoms with Gasteiger partial charge < -0.3 is 14.6 Å². The fourth-order valence-electron chi connectivity index (χ4n) is 3.88. The van der Waals surface area contributed by atoms with E-state index in [0.717, 1.165) is 25.7 Å². The predicted molar refractivity (Wildman–Crippen MR) is 114 cm³/mol. The average Bonchev–Trinajstić information content (AvgIpc) is 2.74. The number of unbranched alkanes of at least 4 members (excludes halogenated alkanes) is 6. The van der Waals surface area contributed by atoms with Crippen molar-refractivity contribution in [2.75, 3.05) is 13.2 Å². The van der Waals surface area contributed by atoms with Crippen LogP contribution in [0.3, 0.4) is 0 Å². The van der Waals surface area contributed by atoms with Gasteiger partial charge in [0.2, 0.25) is 0 Å². The van der Waals surface area contributed by atoms with Crippen LogP contribution in [0.25, 0.3) is 0 Å². The molecule has 0 radical (unpaired) electrons. The normalized spacial score (nSPS) is 13.0. The molecule has 0 saturated heterocycles. The van der Waals surface area contributed by atoms with E-state index in [-0.39, 0.29) is 17.9 Å². The Morgan fingerprint density at radius 2 is 1.32 bits per heavy atom. The third-order valence-electron chi connectivity index (χ3n) is 5.55. The first-order valence-corrected chi connectivity index (χ1v) is 11.6. The summed E-state index contributed by atoms with van der Waals surface area (Å²) in [6.45, 7) is 6.32. The molecular formula is C24H38F4O3. The highest BCUT2D eigenvalue weighted by molar-refractivity contribution is 5.21. The van der Waals surface area contributed by atoms with Crippen LogP contribution in [0.15, 0.2) is 6.07 Å². The van der Waals surface area contributed by atoms with Gasteiger partial charge in [0, 0.05) is 19.1 Å². The lowest BCUT2D eigenvalue weighted by Crippen LogP contribution is -2.44. The van der Waals surface area contributed by atoms with E-state index in [1.807, 2.05) is 0 Å². The molecule has 1 aromatic rings. The minimum Gasteiger partial charge on any atom is -0.343 e. The lowest BCUT2D eigenvalue weighted by Gasteiger charge is -2.35. The van der Waals surface area contributed by atoms with Crippen LogP contribution in [0.4, 0.5) is 17.6 Å². The fourth-order valence-corrected chi connectivity index (χ4v) is 3.88. The molecule has 0 aliphatic carbocycles. The van der Waals surface area contributed by atoms with Crippen molar-refractivity contribution < 1.29 is 32.1 Å². The van der Waals surface area contributed by atoms with Crippen molar-refractivity contribution in [1.29, 1.82) is 0 Å². The SMILES string of the molecule is CCCCCCCCC(CCCCc1cc(F)c(F)c(F)c1F)C(O)(OCC)OCC. The van der Waals surface area contributed by atoms with E-state index in [1.165, 1.54) is 19.3 Å². The highest BCUT2D eigenvalue weighted by Crippen LogP contribution is 2.31. The highest BCUT2D eigenvalue weighted by atomic mass is 19.2. The maximum absolute atomic E-state index is 13.9. The zero-order valence-electron chi connectivity index (χ0n) is 19.1. The van der Waals surface area contributed by atoms with Crippen molar-refractivity contribution in [3.05, 3.63) is 34.9 Å². The van der Waals surface area contributed by atoms with Crippen LogP contribution in [-0.2, 0) is 15.9 Å². The highest BCUT2D eigenvalue weighted by Gasteiger charge is 2.38. The Kier molecular flexibility index (Phi) is 13.3. The molecule has 1 rings (SSSR count). The van der Waals surface area contributed by atoms with Crippen LogP contribution in [-0.4, -0.2) is 24.3 Å². The van der Waals surface area contributed by atoms with E-state index < -0.39 is 29.2 Å². The largest absolute Gasteiger partial charge is 0.343 e. The molecule has 1 unspecified atom stereocenters. The van der Waals surface area contributed by atoms with Crippen LogP contribution >= 0.6 is 0 Å². The number of benzene rings is 1. The number of hydrogen-bond acceptors (Lipinski definition) is 3. The van der Waals surface area contributed by atoms with Crippen molar-refractivity contribution >= 4 is 0 Å². The monoisotopic (exact) mass is 450 g/mol. The van der Waals surface area contributed by atoms with E-state index in [1.54, 1.807) is 13.8 Å². The van der Waals surface area contributed by atoms with E-state index in [0.29, 0.717) is 38.5 Å². The summed E-state index contributed by atoms with van der Waals surface area (Å²) in [6, 6.07) is 0.707. The molecule has 0 aliphatic rings. The average molecular weight is 451 g/mol. The first-order valence-electron chi connectivity index (χ1n) is 11.6. The second-order valence-corrected chi connectivity index (χ2v) is 7.96. The number of halogens is 4. The topological polar surface area (TPSA) is 38.7 Å². The number of aliphatic hydroxyl groups is 1. The molecule has 0 spiro atoms. The van der Waals surface area contributed by atoms with Gasteiger partial charge in [0.25, 0.3) is 5.97 Å². The molecule has 1 atom stereocenters. The second kappa shape index (κ2) is 14.8. The molecule has 0 bridgehead atoms. The molecule has 0 aromatic heterocycles. The van der Waals surface area contributed by atoms with Crippen molar-refractivity contribution in [3.8, 4) is 0 Å². The first-order chi connectivity index (χ1) is 14.8. The van der Waals surface area contributed by atoms with Crippen molar-refractivity contribution in [1.82, 2.24) is 0 Å². The standard InChI is InChI=1S/C24H38F4O3/c1-4-7-8-9-10-11-15-19(24(29,30-5-2)31-6-3)16-13-12-14-18-17-20(25)22(27)23(28)21(18)26/h17,19,29H,4-16H2,1-3H3. The minimum atomic E-state index is -1.79. The van der Waals surface area contributed by atoms with E-state index in [9.17, 15) is 22.7 Å². The van der Waals surface area contributed by atoms with Crippen LogP contribution < -0.4 is 0 Å². The van der Waals surface area contributed by atoms with Crippen molar-refractivity contribution in [3.63, 3.8) is 0 Å². The Morgan fingerprint density at radius 1 is 0.774 bits per heavy atom. The molecule has 1 N–H and O–H groups in total. The quantitative estimate of drug-likeness (QED) is 0.0909. The van der Waals surface area contributed by atoms with Crippen molar-refractivity contribution in [2.45, 2.75) is 97.4 Å². The van der Waals surface area contributed by atoms with Gasteiger partial charge in [-0.2, -0.15) is 0 Å². The van der Waals surface area contributed by atoms with Crippen LogP contribution in [0.2, 0.25) is 0 Å². The van der Waals surface area contributed by atoms with Gasteiger partial charge >= 0.3 is 0 Å². The van der Waals surface area contributed by atoms with Gasteiger partial charge in [0.05, 0.1) is 0 Å². The number of ether oxygens (including phenoxy) is 2. The molecule has 180 valence electrons. The van der Waals surface area contributed by atoms with Crippen LogP contribution in [0.5, 0.6) is 0 Å². The summed E-state index contributed by atoms with van der Waals surface area (Å²) >= 11 is 0. The predicted octanol–water partition coefficient (Wildman–Crippen LogP) is 7.04. The second-order valence-electron chi connectivity index (χ2n) is 7.96. The molecule has 0 amide bonds. The molecular weight excluding hydrogens is 412 g/mol. The van der Waals surface area contributed by atoms with Gasteiger partial charge in [-0.1, -0.05) is 51.9 Å². The molecule has 7 heteroatoms. The van der Waals surface area contributed by atoms with Crippen LogP contribution in [0.1, 0.15) is 90.5 Å². The number of aryl methyl sites for hydroxylation is 1. The Bertz CT molecular complexity index is 634. The van der Waals surface area contributed by atoms with Gasteiger partial charge in [-0.25, -0.2) is 17.6 Å². The van der Waals surface area contributed by atoms with E-state index in [4.69, 9.17) is 9.47 Å². The van der Waals surface area contributed by atoms with Crippen molar-refractivity contribution in [2.24, 2.45) is 5.92 Å². The molecule has 0 saturated carbocycles.